The zero-order chi connectivity index (χ0) is 48.7. The maximum absolute atomic E-state index is 12.8. The van der Waals surface area contributed by atoms with E-state index in [0.717, 1.165) is 75.5 Å². The minimum atomic E-state index is -0.975. The molecule has 11 heteroatoms. The largest absolute Gasteiger partial charge is 0.465 e. The first-order valence-corrected chi connectivity index (χ1v) is 23.5. The van der Waals surface area contributed by atoms with Crippen LogP contribution in [0.5, 0.6) is 0 Å². The van der Waals surface area contributed by atoms with Gasteiger partial charge in [-0.15, -0.1) is 0 Å². The van der Waals surface area contributed by atoms with Crippen molar-refractivity contribution in [2.75, 3.05) is 13.2 Å². The number of fused-ring (bicyclic) bond motifs is 1. The van der Waals surface area contributed by atoms with Crippen molar-refractivity contribution in [1.29, 1.82) is 0 Å². The van der Waals surface area contributed by atoms with E-state index >= 15 is 0 Å². The Labute approximate surface area is 403 Å². The number of allylic oxidation sites excluding steroid dienone is 22. The van der Waals surface area contributed by atoms with Gasteiger partial charge in [-0.1, -0.05) is 172 Å². The Balaban J connectivity index is 0. The van der Waals surface area contributed by atoms with E-state index in [0.29, 0.717) is 30.6 Å². The molecule has 11 nitrogen and oxygen atoms in total. The highest BCUT2D eigenvalue weighted by molar-refractivity contribution is 6.22. The van der Waals surface area contributed by atoms with Gasteiger partial charge in [0.25, 0.3) is 11.8 Å². The van der Waals surface area contributed by atoms with Gasteiger partial charge in [-0.3, -0.25) is 31.0 Å². The van der Waals surface area contributed by atoms with Crippen LogP contribution in [-0.4, -0.2) is 59.4 Å². The first kappa shape index (κ1) is 63.1. The molecule has 2 amide bonds. The summed E-state index contributed by atoms with van der Waals surface area (Å²) in [6, 6.07) is 5.09. The smallest absolute Gasteiger partial charge is 0.329 e. The van der Waals surface area contributed by atoms with Gasteiger partial charge in [0, 0.05) is 0 Å². The highest BCUT2D eigenvalue weighted by Gasteiger charge is 2.42. The zero-order valence-corrected chi connectivity index (χ0v) is 40.8. The first-order chi connectivity index (χ1) is 32.3. The fourth-order valence-corrected chi connectivity index (χ4v) is 5.89. The number of amides is 2. The minimum Gasteiger partial charge on any atom is -0.465 e. The molecule has 0 aliphatic carbocycles. The van der Waals surface area contributed by atoms with Crippen molar-refractivity contribution in [3.05, 3.63) is 181 Å². The van der Waals surface area contributed by atoms with Gasteiger partial charge in [-0.25, -0.2) is 4.79 Å². The summed E-state index contributed by atoms with van der Waals surface area (Å²) >= 11 is 0. The molecule has 8 N–H and O–H groups in total. The summed E-state index contributed by atoms with van der Waals surface area (Å²) in [4.78, 5) is 50.5. The number of nitrogens with two attached hydrogens (primary N) is 3. The van der Waals surface area contributed by atoms with E-state index in [4.69, 9.17) is 15.2 Å². The third-order valence-corrected chi connectivity index (χ3v) is 9.23. The first-order valence-electron chi connectivity index (χ1n) is 23.5. The lowest BCUT2D eigenvalue weighted by atomic mass is 10.1. The van der Waals surface area contributed by atoms with Gasteiger partial charge in [-0.2, -0.15) is 0 Å². The fourth-order valence-electron chi connectivity index (χ4n) is 5.89. The van der Waals surface area contributed by atoms with Crippen molar-refractivity contribution < 1.29 is 34.1 Å². The van der Waals surface area contributed by atoms with Crippen LogP contribution in [0.3, 0.4) is 0 Å². The number of esters is 2. The lowest BCUT2D eigenvalue weighted by Crippen LogP contribution is -2.45. The average Bonchev–Trinajstić information content (AvgIpc) is 3.58. The number of hydrazine groups is 1. The van der Waals surface area contributed by atoms with Gasteiger partial charge in [-0.05, 0) is 116 Å². The third kappa shape index (κ3) is 32.4. The number of nitrogens with zero attached hydrogens (tertiary/aromatic N) is 1. The molecule has 1 aromatic rings. The molecule has 2 unspecified atom stereocenters. The van der Waals surface area contributed by atoms with Crippen molar-refractivity contribution in [3.63, 3.8) is 0 Å². The molecule has 0 fully saturated rings. The van der Waals surface area contributed by atoms with Crippen molar-refractivity contribution in [2.24, 2.45) is 17.4 Å². The van der Waals surface area contributed by atoms with Gasteiger partial charge in [0.2, 0.25) is 0 Å². The van der Waals surface area contributed by atoms with E-state index in [9.17, 15) is 19.2 Å². The number of benzene rings is 1. The van der Waals surface area contributed by atoms with Gasteiger partial charge in [0.1, 0.15) is 12.1 Å². The normalized spacial score (nSPS) is 14.0. The predicted molar refractivity (Wildman–Crippen MR) is 280 cm³/mol. The Morgan fingerprint density at radius 3 is 1.03 bits per heavy atom. The molecule has 1 aliphatic heterocycles. The number of carbonyl (C=O) groups is 4. The quantitative estimate of drug-likeness (QED) is 0.0213. The average molecular weight is 923 g/mol. The molecule has 0 bridgehead atoms. The van der Waals surface area contributed by atoms with E-state index in [1.807, 2.05) is 24.3 Å². The predicted octanol–water partition coefficient (Wildman–Crippen LogP) is 11.3. The molecule has 0 radical (unpaired) electrons. The summed E-state index contributed by atoms with van der Waals surface area (Å²) in [5.41, 5.74) is 6.36. The van der Waals surface area contributed by atoms with Crippen LogP contribution in [0.4, 0.5) is 0 Å². The van der Waals surface area contributed by atoms with Gasteiger partial charge in [0.05, 0.1) is 24.3 Å². The topological polar surface area (TPSA) is 200 Å². The number of carbonyl (C=O) groups excluding carboxylic acids is 4. The molecule has 1 heterocycles. The van der Waals surface area contributed by atoms with E-state index < -0.39 is 29.9 Å². The molecule has 67 heavy (non-hydrogen) atoms. The minimum absolute atomic E-state index is 0. The Kier molecular flexibility index (Phi) is 43.8. The SMILES string of the molecule is CC/C=C\C/C=C\C/C=C\C/C=C\C/C=C\C/C=C\CC(C(=O)OCC)N1C(=O)c2ccccc2C1=O.CC/C=C\C/C=C\C/C=C\C/C=C\C/C=C\C/C=C\CC(N)C(=O)OCC.NN.O. The second-order valence-electron chi connectivity index (χ2n) is 14.5. The molecule has 0 aromatic heterocycles. The van der Waals surface area contributed by atoms with Crippen LogP contribution < -0.4 is 17.4 Å². The maximum atomic E-state index is 12.8. The molecule has 1 aliphatic rings. The molecular formula is C56H82N4O7. The van der Waals surface area contributed by atoms with Crippen molar-refractivity contribution in [3.8, 4) is 0 Å². The molecule has 1 aromatic carbocycles. The van der Waals surface area contributed by atoms with Crippen molar-refractivity contribution in [1.82, 2.24) is 4.90 Å². The molecule has 0 spiro atoms. The summed E-state index contributed by atoms with van der Waals surface area (Å²) in [5.74, 6) is 6.18. The maximum Gasteiger partial charge on any atom is 0.329 e. The third-order valence-electron chi connectivity index (χ3n) is 9.23. The second-order valence-corrected chi connectivity index (χ2v) is 14.5. The van der Waals surface area contributed by atoms with Gasteiger partial charge >= 0.3 is 11.9 Å². The zero-order valence-electron chi connectivity index (χ0n) is 40.8. The number of hydrogen-bond acceptors (Lipinski definition) is 9. The summed E-state index contributed by atoms with van der Waals surface area (Å²) < 4.78 is 10.0. The van der Waals surface area contributed by atoms with E-state index in [1.165, 1.54) is 0 Å². The molecular weight excluding hydrogens is 841 g/mol. The fraction of sp³-hybridized carbons (Fsp3) is 0.393. The van der Waals surface area contributed by atoms with Crippen molar-refractivity contribution >= 4 is 23.8 Å². The Morgan fingerprint density at radius 1 is 0.463 bits per heavy atom. The Hall–Kier alpha value is -5.98. The van der Waals surface area contributed by atoms with Crippen LogP contribution in [0.1, 0.15) is 138 Å². The van der Waals surface area contributed by atoms with E-state index in [-0.39, 0.29) is 24.5 Å². The highest BCUT2D eigenvalue weighted by atomic mass is 16.5. The second kappa shape index (κ2) is 46.5. The molecule has 368 valence electrons. The molecule has 0 saturated carbocycles. The van der Waals surface area contributed by atoms with Crippen LogP contribution in [0.2, 0.25) is 0 Å². The molecule has 2 rings (SSSR count). The summed E-state index contributed by atoms with van der Waals surface area (Å²) in [7, 11) is 0. The highest BCUT2D eigenvalue weighted by Crippen LogP contribution is 2.26. The Bertz CT molecular complexity index is 1810. The van der Waals surface area contributed by atoms with E-state index in [1.54, 1.807) is 38.1 Å². The van der Waals surface area contributed by atoms with Gasteiger partial charge in [0.15, 0.2) is 0 Å². The van der Waals surface area contributed by atoms with Gasteiger partial charge < -0.3 is 20.7 Å². The van der Waals surface area contributed by atoms with Crippen LogP contribution in [0, 0.1) is 0 Å². The number of rotatable bonds is 31. The summed E-state index contributed by atoms with van der Waals surface area (Å²) in [6.45, 7) is 8.32. The summed E-state index contributed by atoms with van der Waals surface area (Å²) in [5, 5.41) is 0. The lowest BCUT2D eigenvalue weighted by molar-refractivity contribution is -0.147. The number of ether oxygens (including phenoxy) is 2. The number of hydrogen-bond donors (Lipinski definition) is 3. The van der Waals surface area contributed by atoms with Crippen LogP contribution >= 0.6 is 0 Å². The van der Waals surface area contributed by atoms with Crippen LogP contribution in [-0.2, 0) is 19.1 Å². The standard InChI is InChI=1S/C32H39NO4.C24H37NO2.H4N2.H2O/c1-3-5-6-7-8-9-10-11-12-13-14-15-16-17-18-19-20-21-26-29(32(36)37-4-2)33-30(34)27-24-22-23-25-28(27)31(33)35;1-3-5-6-7-8-9-10-11-12-13-14-15-16-17-18-19-20-21-22-23(25)24(26)27-4-2;1-2;/h5-6,8-9,11-12,14-15,17-18,20-25,29H,3-4,7,10,13,16,19,26H2,1-2H3;5-6,8-9,11-12,14-15,17-18,20-21,23H,3-4,7,10,13,16,19,22,25H2,1-2H3;1-2H2;1H2/b2*6-5-,9-8-,12-11-,15-14-,18-17-,21-20-;;. The summed E-state index contributed by atoms with van der Waals surface area (Å²) in [6.07, 6.45) is 63.2. The van der Waals surface area contributed by atoms with Crippen LogP contribution in [0.15, 0.2) is 170 Å². The molecule has 2 atom stereocenters. The monoisotopic (exact) mass is 923 g/mol. The molecule has 0 saturated heterocycles. The lowest BCUT2D eigenvalue weighted by Gasteiger charge is -2.23. The van der Waals surface area contributed by atoms with Crippen molar-refractivity contribution in [2.45, 2.75) is 130 Å². The Morgan fingerprint density at radius 2 is 0.731 bits per heavy atom. The number of imide groups is 1. The van der Waals surface area contributed by atoms with E-state index in [2.05, 4.69) is 147 Å². The van der Waals surface area contributed by atoms with Crippen LogP contribution in [0.25, 0.3) is 0 Å².